The summed E-state index contributed by atoms with van der Waals surface area (Å²) in [7, 11) is 1.57. The molecule has 0 saturated heterocycles. The second-order valence-electron chi connectivity index (χ2n) is 6.42. The number of ether oxygens (including phenoxy) is 1. The number of carbonyl (C=O) groups is 1. The Kier molecular flexibility index (Phi) is 3.21. The van der Waals surface area contributed by atoms with Gasteiger partial charge in [0.05, 0.1) is 12.8 Å². The van der Waals surface area contributed by atoms with Gasteiger partial charge in [-0.2, -0.15) is 0 Å². The number of hydrogen-bond acceptors (Lipinski definition) is 5. The monoisotopic (exact) mass is 348 g/mol. The summed E-state index contributed by atoms with van der Waals surface area (Å²) in [6, 6.07) is 10.9. The summed E-state index contributed by atoms with van der Waals surface area (Å²) < 4.78 is 12.9. The minimum atomic E-state index is -0.316. The summed E-state index contributed by atoms with van der Waals surface area (Å²) in [6.45, 7) is 0. The Morgan fingerprint density at radius 1 is 1.27 bits per heavy atom. The van der Waals surface area contributed by atoms with Crippen molar-refractivity contribution in [2.24, 2.45) is 0 Å². The summed E-state index contributed by atoms with van der Waals surface area (Å²) in [4.78, 5) is 12.6. The van der Waals surface area contributed by atoms with E-state index >= 15 is 0 Å². The first-order valence-electron chi connectivity index (χ1n) is 8.45. The largest absolute Gasteiger partial charge is 0.493 e. The van der Waals surface area contributed by atoms with E-state index in [2.05, 4.69) is 15.5 Å². The Labute approximate surface area is 148 Å². The van der Waals surface area contributed by atoms with Crippen LogP contribution in [0, 0.1) is 0 Å². The fourth-order valence-electron chi connectivity index (χ4n) is 3.10. The molecule has 1 aliphatic rings. The van der Waals surface area contributed by atoms with Crippen LogP contribution in [-0.4, -0.2) is 27.6 Å². The number of fused-ring (bicyclic) bond motifs is 2. The number of amides is 1. The molecule has 1 saturated carbocycles. The Morgan fingerprint density at radius 3 is 2.96 bits per heavy atom. The molecule has 1 aliphatic carbocycles. The number of aromatic nitrogens is 3. The number of pyridine rings is 1. The zero-order valence-corrected chi connectivity index (χ0v) is 14.1. The normalized spacial score (nSPS) is 14.0. The molecule has 3 heterocycles. The van der Waals surface area contributed by atoms with Crippen molar-refractivity contribution < 1.29 is 13.9 Å². The number of rotatable bonds is 4. The lowest BCUT2D eigenvalue weighted by molar-refractivity contribution is 0.0998. The van der Waals surface area contributed by atoms with Crippen LogP contribution in [0.1, 0.15) is 35.1 Å². The molecule has 3 aromatic heterocycles. The molecule has 0 aliphatic heterocycles. The topological polar surface area (TPSA) is 81.7 Å². The Hall–Kier alpha value is -3.35. The van der Waals surface area contributed by atoms with Crippen molar-refractivity contribution in [3.8, 4) is 5.75 Å². The highest BCUT2D eigenvalue weighted by molar-refractivity contribution is 6.05. The number of nitrogens with one attached hydrogen (secondary N) is 1. The van der Waals surface area contributed by atoms with Crippen LogP contribution < -0.4 is 10.1 Å². The van der Waals surface area contributed by atoms with Gasteiger partial charge in [-0.25, -0.2) is 0 Å². The van der Waals surface area contributed by atoms with Gasteiger partial charge in [0.25, 0.3) is 5.91 Å². The maximum Gasteiger partial charge on any atom is 0.291 e. The Bertz CT molecular complexity index is 1140. The number of furan rings is 1. The molecule has 7 heteroatoms. The van der Waals surface area contributed by atoms with Gasteiger partial charge in [0, 0.05) is 17.5 Å². The van der Waals surface area contributed by atoms with E-state index in [0.717, 1.165) is 29.7 Å². The molecular formula is C19H16N4O3. The van der Waals surface area contributed by atoms with Crippen LogP contribution in [-0.2, 0) is 0 Å². The van der Waals surface area contributed by atoms with Crippen molar-refractivity contribution in [3.63, 3.8) is 0 Å². The molecule has 0 radical (unpaired) electrons. The van der Waals surface area contributed by atoms with Gasteiger partial charge in [-0.05, 0) is 37.1 Å². The maximum absolute atomic E-state index is 12.6. The zero-order chi connectivity index (χ0) is 17.7. The van der Waals surface area contributed by atoms with Crippen LogP contribution in [0.25, 0.3) is 16.6 Å². The van der Waals surface area contributed by atoms with E-state index in [1.807, 2.05) is 34.9 Å². The molecule has 0 unspecified atom stereocenters. The molecule has 0 atom stereocenters. The van der Waals surface area contributed by atoms with E-state index in [1.165, 1.54) is 0 Å². The number of hydrogen-bond donors (Lipinski definition) is 1. The molecule has 4 aromatic rings. The van der Waals surface area contributed by atoms with Gasteiger partial charge in [-0.1, -0.05) is 12.1 Å². The third-order valence-electron chi connectivity index (χ3n) is 4.58. The minimum absolute atomic E-state index is 0.232. The van der Waals surface area contributed by atoms with Gasteiger partial charge < -0.3 is 14.5 Å². The van der Waals surface area contributed by atoms with Crippen LogP contribution in [0.5, 0.6) is 5.75 Å². The molecule has 26 heavy (non-hydrogen) atoms. The second kappa shape index (κ2) is 5.59. The van der Waals surface area contributed by atoms with Crippen LogP contribution >= 0.6 is 0 Å². The van der Waals surface area contributed by atoms with Gasteiger partial charge in [-0.3, -0.25) is 9.20 Å². The average molecular weight is 348 g/mol. The number of anilines is 1. The fourth-order valence-corrected chi connectivity index (χ4v) is 3.10. The fraction of sp³-hybridized carbons (Fsp3) is 0.211. The number of nitrogens with zero attached hydrogens (tertiary/aromatic N) is 3. The first-order valence-corrected chi connectivity index (χ1v) is 8.45. The Morgan fingerprint density at radius 2 is 2.15 bits per heavy atom. The van der Waals surface area contributed by atoms with Crippen LogP contribution in [0.4, 0.5) is 5.69 Å². The van der Waals surface area contributed by atoms with Crippen LogP contribution in [0.3, 0.4) is 0 Å². The Balaban J connectivity index is 1.46. The van der Waals surface area contributed by atoms with E-state index in [4.69, 9.17) is 9.15 Å². The molecule has 1 aromatic carbocycles. The van der Waals surface area contributed by atoms with E-state index in [0.29, 0.717) is 22.9 Å². The molecule has 1 amide bonds. The molecule has 0 spiro atoms. The SMILES string of the molecule is COc1cccc2cc(C(=O)Nc3ccc4nnc(C5CC5)n4c3)oc12. The summed E-state index contributed by atoms with van der Waals surface area (Å²) in [6.07, 6.45) is 4.13. The number of carbonyl (C=O) groups excluding carboxylic acids is 1. The van der Waals surface area contributed by atoms with Gasteiger partial charge >= 0.3 is 0 Å². The van der Waals surface area contributed by atoms with Crippen molar-refractivity contribution in [2.45, 2.75) is 18.8 Å². The summed E-state index contributed by atoms with van der Waals surface area (Å²) in [5.74, 6) is 1.93. The van der Waals surface area contributed by atoms with E-state index in [1.54, 1.807) is 19.2 Å². The molecule has 7 nitrogen and oxygen atoms in total. The molecule has 1 N–H and O–H groups in total. The number of methoxy groups -OCH3 is 1. The molecule has 0 bridgehead atoms. The van der Waals surface area contributed by atoms with Gasteiger partial charge in [0.2, 0.25) is 0 Å². The zero-order valence-electron chi connectivity index (χ0n) is 14.1. The maximum atomic E-state index is 12.6. The van der Waals surface area contributed by atoms with E-state index < -0.39 is 0 Å². The predicted molar refractivity (Wildman–Crippen MR) is 95.7 cm³/mol. The van der Waals surface area contributed by atoms with Crippen molar-refractivity contribution in [2.75, 3.05) is 12.4 Å². The van der Waals surface area contributed by atoms with Gasteiger partial charge in [-0.15, -0.1) is 10.2 Å². The summed E-state index contributed by atoms with van der Waals surface area (Å²) >= 11 is 0. The lowest BCUT2D eigenvalue weighted by atomic mass is 10.2. The molecule has 5 rings (SSSR count). The van der Waals surface area contributed by atoms with Crippen molar-refractivity contribution in [1.82, 2.24) is 14.6 Å². The van der Waals surface area contributed by atoms with E-state index in [9.17, 15) is 4.79 Å². The summed E-state index contributed by atoms with van der Waals surface area (Å²) in [5, 5.41) is 12.1. The highest BCUT2D eigenvalue weighted by Crippen LogP contribution is 2.39. The highest BCUT2D eigenvalue weighted by atomic mass is 16.5. The average Bonchev–Trinajstić information content (AvgIpc) is 3.26. The second-order valence-corrected chi connectivity index (χ2v) is 6.42. The minimum Gasteiger partial charge on any atom is -0.493 e. The molecule has 130 valence electrons. The van der Waals surface area contributed by atoms with Crippen molar-refractivity contribution >= 4 is 28.2 Å². The molecular weight excluding hydrogens is 332 g/mol. The quantitative estimate of drug-likeness (QED) is 0.609. The molecule has 1 fully saturated rings. The van der Waals surface area contributed by atoms with Crippen molar-refractivity contribution in [3.05, 3.63) is 54.2 Å². The first kappa shape index (κ1) is 14.9. The van der Waals surface area contributed by atoms with Crippen molar-refractivity contribution in [1.29, 1.82) is 0 Å². The van der Waals surface area contributed by atoms with E-state index in [-0.39, 0.29) is 11.7 Å². The van der Waals surface area contributed by atoms with Gasteiger partial charge in [0.15, 0.2) is 22.7 Å². The predicted octanol–water partition coefficient (Wildman–Crippen LogP) is 3.61. The summed E-state index contributed by atoms with van der Waals surface area (Å²) in [5.41, 5.74) is 2.00. The van der Waals surface area contributed by atoms with Crippen LogP contribution in [0.2, 0.25) is 0 Å². The third-order valence-corrected chi connectivity index (χ3v) is 4.58. The first-order chi connectivity index (χ1) is 12.7. The lowest BCUT2D eigenvalue weighted by Crippen LogP contribution is -2.11. The lowest BCUT2D eigenvalue weighted by Gasteiger charge is -2.05. The third kappa shape index (κ3) is 2.40. The van der Waals surface area contributed by atoms with Crippen LogP contribution in [0.15, 0.2) is 47.0 Å². The number of benzene rings is 1. The highest BCUT2D eigenvalue weighted by Gasteiger charge is 2.28. The standard InChI is InChI=1S/C19H16N4O3/c1-25-14-4-2-3-12-9-15(26-17(12)14)19(24)20-13-7-8-16-21-22-18(11-5-6-11)23(16)10-13/h2-4,7-11H,5-6H2,1H3,(H,20,24). The number of para-hydroxylation sites is 1. The van der Waals surface area contributed by atoms with Gasteiger partial charge in [0.1, 0.15) is 5.82 Å². The smallest absolute Gasteiger partial charge is 0.291 e.